The number of hydrogen-bond acceptors (Lipinski definition) is 5. The van der Waals surface area contributed by atoms with E-state index < -0.39 is 29.7 Å². The minimum absolute atomic E-state index is 0.0570. The third-order valence-corrected chi connectivity index (χ3v) is 6.64. The van der Waals surface area contributed by atoms with Crippen molar-refractivity contribution < 1.29 is 19.1 Å². The summed E-state index contributed by atoms with van der Waals surface area (Å²) in [4.78, 5) is 41.1. The Labute approximate surface area is 220 Å². The zero-order valence-electron chi connectivity index (χ0n) is 22.5. The molecule has 198 valence electrons. The van der Waals surface area contributed by atoms with Crippen LogP contribution in [0.4, 0.5) is 4.79 Å². The summed E-state index contributed by atoms with van der Waals surface area (Å²) in [7, 11) is 0. The van der Waals surface area contributed by atoms with E-state index in [1.54, 1.807) is 32.5 Å². The quantitative estimate of drug-likeness (QED) is 0.362. The highest BCUT2D eigenvalue weighted by molar-refractivity contribution is 7.98. The molecule has 1 aromatic carbocycles. The van der Waals surface area contributed by atoms with Crippen LogP contribution < -0.4 is 10.6 Å². The largest absolute Gasteiger partial charge is 0.444 e. The van der Waals surface area contributed by atoms with Crippen LogP contribution in [0, 0.1) is 26.3 Å². The number of carbonyl (C=O) groups is 3. The summed E-state index contributed by atoms with van der Waals surface area (Å²) >= 11 is 1.55. The van der Waals surface area contributed by atoms with E-state index in [1.165, 1.54) is 0 Å². The number of aryl methyl sites for hydroxylation is 2. The molecule has 2 unspecified atom stereocenters. The van der Waals surface area contributed by atoms with Crippen molar-refractivity contribution in [2.24, 2.45) is 0 Å². The van der Waals surface area contributed by atoms with Gasteiger partial charge in [0, 0.05) is 12.1 Å². The van der Waals surface area contributed by atoms with Crippen molar-refractivity contribution in [3.63, 3.8) is 0 Å². The van der Waals surface area contributed by atoms with Gasteiger partial charge < -0.3 is 15.4 Å². The minimum atomic E-state index is -1.01. The lowest BCUT2D eigenvalue weighted by Crippen LogP contribution is -2.52. The molecule has 3 amide bonds. The van der Waals surface area contributed by atoms with Crippen LogP contribution in [0.5, 0.6) is 0 Å². The first-order valence-electron chi connectivity index (χ1n) is 12.6. The second-order valence-electron chi connectivity index (χ2n) is 10.5. The summed E-state index contributed by atoms with van der Waals surface area (Å²) in [5, 5.41) is 5.81. The van der Waals surface area contributed by atoms with Crippen LogP contribution in [-0.2, 0) is 14.3 Å². The lowest BCUT2D eigenvalue weighted by atomic mass is 9.94. The normalized spacial score (nSPS) is 15.8. The first kappa shape index (κ1) is 29.6. The highest BCUT2D eigenvalue weighted by Gasteiger charge is 2.36. The molecule has 0 spiro atoms. The van der Waals surface area contributed by atoms with E-state index in [0.717, 1.165) is 48.1 Å². The predicted octanol–water partition coefficient (Wildman–Crippen LogP) is 4.86. The molecule has 2 N–H and O–H groups in total. The lowest BCUT2D eigenvalue weighted by Gasteiger charge is -2.32. The molecule has 0 saturated heterocycles. The van der Waals surface area contributed by atoms with Crippen LogP contribution in [0.15, 0.2) is 18.2 Å². The summed E-state index contributed by atoms with van der Waals surface area (Å²) in [6.07, 6.45) is 12.6. The number of terminal acetylenes is 1. The molecule has 36 heavy (non-hydrogen) atoms. The molecular formula is C28H41N3O4S. The Morgan fingerprint density at radius 1 is 1.14 bits per heavy atom. The van der Waals surface area contributed by atoms with Crippen molar-refractivity contribution >= 4 is 29.7 Å². The second-order valence-corrected chi connectivity index (χ2v) is 11.5. The number of amides is 3. The summed E-state index contributed by atoms with van der Waals surface area (Å²) in [5.41, 5.74) is 1.87. The number of nitrogens with zero attached hydrogens (tertiary/aromatic N) is 1. The molecule has 1 aromatic rings. The fourth-order valence-electron chi connectivity index (χ4n) is 4.49. The fourth-order valence-corrected chi connectivity index (χ4v) is 4.96. The molecule has 1 fully saturated rings. The van der Waals surface area contributed by atoms with Gasteiger partial charge in [-0.25, -0.2) is 4.79 Å². The average Bonchev–Trinajstić information content (AvgIpc) is 2.78. The van der Waals surface area contributed by atoms with Gasteiger partial charge in [-0.2, -0.15) is 11.8 Å². The van der Waals surface area contributed by atoms with E-state index in [9.17, 15) is 14.4 Å². The van der Waals surface area contributed by atoms with Gasteiger partial charge >= 0.3 is 6.09 Å². The topological polar surface area (TPSA) is 87.7 Å². The van der Waals surface area contributed by atoms with Gasteiger partial charge in [-0.3, -0.25) is 14.5 Å². The third kappa shape index (κ3) is 9.09. The molecule has 1 saturated carbocycles. The SMILES string of the molecule is C#CN(C(=O)C(CCSC)NC(=O)OC(C)(C)C)C(C(=O)NC1CCCCC1)c1cc(C)cc(C)c1. The summed E-state index contributed by atoms with van der Waals surface area (Å²) in [6, 6.07) is 6.34. The van der Waals surface area contributed by atoms with Gasteiger partial charge in [0.05, 0.1) is 0 Å². The smallest absolute Gasteiger partial charge is 0.408 e. The van der Waals surface area contributed by atoms with E-state index in [0.29, 0.717) is 17.7 Å². The number of thioether (sulfide) groups is 1. The Morgan fingerprint density at radius 2 is 1.75 bits per heavy atom. The van der Waals surface area contributed by atoms with Gasteiger partial charge in [0.1, 0.15) is 17.7 Å². The molecule has 0 heterocycles. The van der Waals surface area contributed by atoms with Crippen LogP contribution in [-0.4, -0.2) is 52.5 Å². The van der Waals surface area contributed by atoms with Gasteiger partial charge in [-0.15, -0.1) is 0 Å². The predicted molar refractivity (Wildman–Crippen MR) is 146 cm³/mol. The molecule has 0 aliphatic heterocycles. The van der Waals surface area contributed by atoms with Gasteiger partial charge in [0.25, 0.3) is 5.91 Å². The van der Waals surface area contributed by atoms with Crippen molar-refractivity contribution in [3.05, 3.63) is 34.9 Å². The van der Waals surface area contributed by atoms with Gasteiger partial charge in [0.15, 0.2) is 0 Å². The molecule has 0 radical (unpaired) electrons. The Bertz CT molecular complexity index is 940. The first-order valence-corrected chi connectivity index (χ1v) is 14.0. The maximum absolute atomic E-state index is 13.8. The molecule has 7 nitrogen and oxygen atoms in total. The monoisotopic (exact) mass is 515 g/mol. The van der Waals surface area contributed by atoms with Gasteiger partial charge in [-0.1, -0.05) is 55.0 Å². The number of hydrogen-bond donors (Lipinski definition) is 2. The summed E-state index contributed by atoms with van der Waals surface area (Å²) in [5.74, 6) is -0.202. The minimum Gasteiger partial charge on any atom is -0.444 e. The standard InChI is InChI=1S/C28H41N3O4S/c1-8-31(26(33)23(14-15-36-7)30-27(34)35-28(4,5)6)24(21-17-19(2)16-20(3)18-21)25(32)29-22-12-10-9-11-13-22/h1,16-18,22-24H,9-15H2,2-7H3,(H,29,32)(H,30,34). The van der Waals surface area contributed by atoms with Crippen LogP contribution in [0.25, 0.3) is 0 Å². The van der Waals surface area contributed by atoms with Crippen LogP contribution >= 0.6 is 11.8 Å². The van der Waals surface area contributed by atoms with Crippen molar-refractivity contribution in [3.8, 4) is 12.5 Å². The number of rotatable bonds is 9. The van der Waals surface area contributed by atoms with Crippen LogP contribution in [0.1, 0.15) is 82.0 Å². The van der Waals surface area contributed by atoms with Gasteiger partial charge in [-0.05, 0) is 71.5 Å². The van der Waals surface area contributed by atoms with E-state index in [2.05, 4.69) is 16.7 Å². The maximum Gasteiger partial charge on any atom is 0.408 e. The highest BCUT2D eigenvalue weighted by atomic mass is 32.2. The Morgan fingerprint density at radius 3 is 2.28 bits per heavy atom. The van der Waals surface area contributed by atoms with Crippen LogP contribution in [0.2, 0.25) is 0 Å². The second kappa shape index (κ2) is 13.6. The van der Waals surface area contributed by atoms with E-state index in [4.69, 9.17) is 11.2 Å². The molecule has 2 rings (SSSR count). The molecule has 2 atom stereocenters. The summed E-state index contributed by atoms with van der Waals surface area (Å²) < 4.78 is 5.38. The maximum atomic E-state index is 13.8. The zero-order valence-corrected chi connectivity index (χ0v) is 23.3. The van der Waals surface area contributed by atoms with E-state index in [1.807, 2.05) is 38.3 Å². The zero-order chi connectivity index (χ0) is 26.9. The number of benzene rings is 1. The molecule has 1 aliphatic rings. The number of alkyl carbamates (subject to hydrolysis) is 1. The molecule has 0 aromatic heterocycles. The Hall–Kier alpha value is -2.66. The lowest BCUT2D eigenvalue weighted by molar-refractivity contribution is -0.139. The van der Waals surface area contributed by atoms with E-state index >= 15 is 0 Å². The van der Waals surface area contributed by atoms with Crippen molar-refractivity contribution in [1.29, 1.82) is 0 Å². The molecule has 0 bridgehead atoms. The Kier molecular flexibility index (Phi) is 11.2. The summed E-state index contributed by atoms with van der Waals surface area (Å²) in [6.45, 7) is 9.15. The number of carbonyl (C=O) groups excluding carboxylic acids is 3. The van der Waals surface area contributed by atoms with Crippen molar-refractivity contribution in [1.82, 2.24) is 15.5 Å². The Balaban J connectivity index is 2.41. The van der Waals surface area contributed by atoms with Crippen LogP contribution in [0.3, 0.4) is 0 Å². The highest BCUT2D eigenvalue weighted by Crippen LogP contribution is 2.26. The fraction of sp³-hybridized carbons (Fsp3) is 0.607. The molecule has 8 heteroatoms. The average molecular weight is 516 g/mol. The molecule has 1 aliphatic carbocycles. The van der Waals surface area contributed by atoms with Gasteiger partial charge in [0.2, 0.25) is 5.91 Å². The third-order valence-electron chi connectivity index (χ3n) is 5.99. The number of ether oxygens (including phenoxy) is 1. The molecular weight excluding hydrogens is 474 g/mol. The van der Waals surface area contributed by atoms with Crippen molar-refractivity contribution in [2.45, 2.75) is 96.9 Å². The first-order chi connectivity index (χ1) is 16.9. The van der Waals surface area contributed by atoms with Crippen molar-refractivity contribution in [2.75, 3.05) is 12.0 Å². The number of nitrogens with one attached hydrogen (secondary N) is 2. The van der Waals surface area contributed by atoms with E-state index in [-0.39, 0.29) is 11.9 Å².